The Morgan fingerprint density at radius 2 is 2.35 bits per heavy atom. The second-order valence-electron chi connectivity index (χ2n) is 3.49. The van der Waals surface area contributed by atoms with Crippen molar-refractivity contribution in [3.8, 4) is 0 Å². The molecule has 0 aliphatic carbocycles. The minimum Gasteiger partial charge on any atom is -0.381 e. The standard InChI is InChI=1S/C12H11BrFN3/c1-2-17-8-9(7-16-17)6-15-10-3-4-11(13)12(14)5-10/h2-5,7-8,15H,1,6H2. The number of rotatable bonds is 4. The van der Waals surface area contributed by atoms with Gasteiger partial charge in [-0.05, 0) is 34.1 Å². The predicted octanol–water partition coefficient (Wildman–Crippen LogP) is 3.50. The zero-order chi connectivity index (χ0) is 12.3. The van der Waals surface area contributed by atoms with Crippen molar-refractivity contribution in [3.63, 3.8) is 0 Å². The van der Waals surface area contributed by atoms with Gasteiger partial charge in [-0.15, -0.1) is 0 Å². The zero-order valence-electron chi connectivity index (χ0n) is 9.03. The average molecular weight is 296 g/mol. The molecule has 0 bridgehead atoms. The van der Waals surface area contributed by atoms with E-state index in [0.29, 0.717) is 11.0 Å². The molecule has 0 saturated heterocycles. The third-order valence-electron chi connectivity index (χ3n) is 2.26. The number of nitrogens with zero attached hydrogens (tertiary/aromatic N) is 2. The molecule has 17 heavy (non-hydrogen) atoms. The van der Waals surface area contributed by atoms with E-state index in [2.05, 4.69) is 32.9 Å². The summed E-state index contributed by atoms with van der Waals surface area (Å²) >= 11 is 3.11. The lowest BCUT2D eigenvalue weighted by molar-refractivity contribution is 0.621. The van der Waals surface area contributed by atoms with Gasteiger partial charge in [0.1, 0.15) is 5.82 Å². The molecule has 1 aromatic carbocycles. The van der Waals surface area contributed by atoms with Gasteiger partial charge in [-0.1, -0.05) is 6.58 Å². The second kappa shape index (κ2) is 5.14. The Bertz CT molecular complexity index is 536. The maximum absolute atomic E-state index is 13.2. The topological polar surface area (TPSA) is 29.9 Å². The maximum Gasteiger partial charge on any atom is 0.139 e. The molecule has 0 radical (unpaired) electrons. The van der Waals surface area contributed by atoms with Gasteiger partial charge < -0.3 is 5.32 Å². The quantitative estimate of drug-likeness (QED) is 0.936. The maximum atomic E-state index is 13.2. The summed E-state index contributed by atoms with van der Waals surface area (Å²) in [5.74, 6) is -0.281. The zero-order valence-corrected chi connectivity index (χ0v) is 10.6. The molecule has 0 saturated carbocycles. The summed E-state index contributed by atoms with van der Waals surface area (Å²) in [7, 11) is 0. The molecule has 0 aliphatic heterocycles. The first-order valence-electron chi connectivity index (χ1n) is 5.03. The Labute approximate surface area is 107 Å². The summed E-state index contributed by atoms with van der Waals surface area (Å²) in [4.78, 5) is 0. The molecule has 2 aromatic rings. The SMILES string of the molecule is C=Cn1cc(CNc2ccc(Br)c(F)c2)cn1. The summed E-state index contributed by atoms with van der Waals surface area (Å²) in [6, 6.07) is 4.93. The fourth-order valence-electron chi connectivity index (χ4n) is 1.38. The monoisotopic (exact) mass is 295 g/mol. The Hall–Kier alpha value is -1.62. The van der Waals surface area contributed by atoms with Crippen molar-refractivity contribution in [1.82, 2.24) is 9.78 Å². The highest BCUT2D eigenvalue weighted by Gasteiger charge is 2.01. The van der Waals surface area contributed by atoms with Crippen LogP contribution in [0.15, 0.2) is 41.6 Å². The van der Waals surface area contributed by atoms with Crippen molar-refractivity contribution in [2.45, 2.75) is 6.54 Å². The van der Waals surface area contributed by atoms with E-state index in [1.807, 2.05) is 12.3 Å². The molecular formula is C12H11BrFN3. The third kappa shape index (κ3) is 2.94. The number of halogens is 2. The number of hydrogen-bond acceptors (Lipinski definition) is 2. The number of anilines is 1. The minimum atomic E-state index is -0.281. The summed E-state index contributed by atoms with van der Waals surface area (Å²) in [5.41, 5.74) is 1.74. The van der Waals surface area contributed by atoms with Gasteiger partial charge in [0, 0.05) is 30.2 Å². The van der Waals surface area contributed by atoms with Gasteiger partial charge >= 0.3 is 0 Å². The summed E-state index contributed by atoms with van der Waals surface area (Å²) in [5, 5.41) is 7.17. The predicted molar refractivity (Wildman–Crippen MR) is 70.0 cm³/mol. The second-order valence-corrected chi connectivity index (χ2v) is 4.35. The molecule has 5 heteroatoms. The largest absolute Gasteiger partial charge is 0.381 e. The van der Waals surface area contributed by atoms with E-state index < -0.39 is 0 Å². The van der Waals surface area contributed by atoms with Gasteiger partial charge in [-0.3, -0.25) is 0 Å². The van der Waals surface area contributed by atoms with Crippen LogP contribution in [0.4, 0.5) is 10.1 Å². The van der Waals surface area contributed by atoms with Crippen LogP contribution >= 0.6 is 15.9 Å². The molecule has 2 rings (SSSR count). The molecule has 0 atom stereocenters. The van der Waals surface area contributed by atoms with Crippen LogP contribution in [0.25, 0.3) is 6.20 Å². The van der Waals surface area contributed by atoms with Crippen molar-refractivity contribution in [2.75, 3.05) is 5.32 Å². The van der Waals surface area contributed by atoms with Crippen molar-refractivity contribution in [2.24, 2.45) is 0 Å². The van der Waals surface area contributed by atoms with E-state index in [1.54, 1.807) is 23.1 Å². The smallest absolute Gasteiger partial charge is 0.139 e. The van der Waals surface area contributed by atoms with Crippen molar-refractivity contribution in [1.29, 1.82) is 0 Å². The molecule has 0 amide bonds. The van der Waals surface area contributed by atoms with Gasteiger partial charge in [-0.25, -0.2) is 9.07 Å². The van der Waals surface area contributed by atoms with E-state index in [-0.39, 0.29) is 5.82 Å². The van der Waals surface area contributed by atoms with Crippen LogP contribution in [0.2, 0.25) is 0 Å². The average Bonchev–Trinajstić information content (AvgIpc) is 2.79. The van der Waals surface area contributed by atoms with Crippen LogP contribution < -0.4 is 5.32 Å². The number of aromatic nitrogens is 2. The van der Waals surface area contributed by atoms with Gasteiger partial charge in [0.2, 0.25) is 0 Å². The fraction of sp³-hybridized carbons (Fsp3) is 0.0833. The summed E-state index contributed by atoms with van der Waals surface area (Å²) in [6.07, 6.45) is 5.21. The first-order chi connectivity index (χ1) is 8.19. The van der Waals surface area contributed by atoms with Crippen LogP contribution in [0.5, 0.6) is 0 Å². The molecule has 0 unspecified atom stereocenters. The van der Waals surface area contributed by atoms with Crippen molar-refractivity contribution in [3.05, 3.63) is 53.0 Å². The van der Waals surface area contributed by atoms with E-state index in [9.17, 15) is 4.39 Å². The van der Waals surface area contributed by atoms with E-state index in [0.717, 1.165) is 11.3 Å². The Morgan fingerprint density at radius 3 is 3.00 bits per heavy atom. The molecule has 1 aromatic heterocycles. The van der Waals surface area contributed by atoms with Crippen LogP contribution in [0.1, 0.15) is 5.56 Å². The van der Waals surface area contributed by atoms with Crippen molar-refractivity contribution >= 4 is 27.8 Å². The molecule has 1 N–H and O–H groups in total. The van der Waals surface area contributed by atoms with E-state index in [1.165, 1.54) is 6.07 Å². The summed E-state index contributed by atoms with van der Waals surface area (Å²) < 4.78 is 15.3. The summed E-state index contributed by atoms with van der Waals surface area (Å²) in [6.45, 7) is 4.20. The number of hydrogen-bond donors (Lipinski definition) is 1. The molecular weight excluding hydrogens is 285 g/mol. The number of benzene rings is 1. The van der Waals surface area contributed by atoms with Gasteiger partial charge in [0.25, 0.3) is 0 Å². The molecule has 0 spiro atoms. The fourth-order valence-corrected chi connectivity index (χ4v) is 1.63. The minimum absolute atomic E-state index is 0.281. The molecule has 3 nitrogen and oxygen atoms in total. The molecule has 1 heterocycles. The Balaban J connectivity index is 2.01. The third-order valence-corrected chi connectivity index (χ3v) is 2.90. The first-order valence-corrected chi connectivity index (χ1v) is 5.83. The van der Waals surface area contributed by atoms with Gasteiger partial charge in [0.05, 0.1) is 10.7 Å². The van der Waals surface area contributed by atoms with Gasteiger partial charge in [0.15, 0.2) is 0 Å². The first kappa shape index (κ1) is 11.9. The molecule has 0 aliphatic rings. The molecule has 0 fully saturated rings. The van der Waals surface area contributed by atoms with E-state index >= 15 is 0 Å². The van der Waals surface area contributed by atoms with Gasteiger partial charge in [-0.2, -0.15) is 5.10 Å². The Morgan fingerprint density at radius 1 is 1.53 bits per heavy atom. The van der Waals surface area contributed by atoms with Crippen LogP contribution in [-0.2, 0) is 6.54 Å². The van der Waals surface area contributed by atoms with E-state index in [4.69, 9.17) is 0 Å². The lowest BCUT2D eigenvalue weighted by Crippen LogP contribution is -1.98. The Kier molecular flexibility index (Phi) is 3.58. The van der Waals surface area contributed by atoms with Crippen LogP contribution in [-0.4, -0.2) is 9.78 Å². The highest BCUT2D eigenvalue weighted by atomic mass is 79.9. The van der Waals surface area contributed by atoms with Crippen LogP contribution in [0, 0.1) is 5.82 Å². The molecule has 88 valence electrons. The normalized spacial score (nSPS) is 10.2. The number of nitrogens with one attached hydrogen (secondary N) is 1. The highest BCUT2D eigenvalue weighted by Crippen LogP contribution is 2.19. The van der Waals surface area contributed by atoms with Crippen LogP contribution in [0.3, 0.4) is 0 Å². The lowest BCUT2D eigenvalue weighted by atomic mass is 10.3. The highest BCUT2D eigenvalue weighted by molar-refractivity contribution is 9.10. The van der Waals surface area contributed by atoms with Crippen molar-refractivity contribution < 1.29 is 4.39 Å². The lowest BCUT2D eigenvalue weighted by Gasteiger charge is -2.05.